The van der Waals surface area contributed by atoms with Crippen LogP contribution in [0.1, 0.15) is 24.9 Å². The fourth-order valence-electron chi connectivity index (χ4n) is 3.15. The quantitative estimate of drug-likeness (QED) is 0.747. The lowest BCUT2D eigenvalue weighted by molar-refractivity contribution is -0.128. The number of pyridine rings is 1. The van der Waals surface area contributed by atoms with Crippen molar-refractivity contribution in [3.8, 4) is 5.75 Å². The Morgan fingerprint density at radius 1 is 1.23 bits per heavy atom. The van der Waals surface area contributed by atoms with E-state index in [1.165, 1.54) is 10.5 Å². The number of amides is 1. The van der Waals surface area contributed by atoms with Crippen LogP contribution in [0, 0.1) is 0 Å². The van der Waals surface area contributed by atoms with Gasteiger partial charge in [0.15, 0.2) is 6.10 Å². The van der Waals surface area contributed by atoms with Gasteiger partial charge in [-0.05, 0) is 37.1 Å². The monoisotopic (exact) mass is 364 g/mol. The van der Waals surface area contributed by atoms with Crippen LogP contribution in [0.4, 0.5) is 0 Å². The summed E-state index contributed by atoms with van der Waals surface area (Å²) in [4.78, 5) is 18.3. The summed E-state index contributed by atoms with van der Waals surface area (Å²) in [5.41, 5.74) is 2.10. The maximum Gasteiger partial charge on any atom is 0.261 e. The summed E-state index contributed by atoms with van der Waals surface area (Å²) in [5.74, 6) is 1.50. The second-order valence-corrected chi connectivity index (χ2v) is 7.50. The number of nitrogens with one attached hydrogen (secondary N) is 1. The molecule has 1 aliphatic rings. The summed E-state index contributed by atoms with van der Waals surface area (Å²) in [6, 6.07) is 18.1. The predicted molar refractivity (Wildman–Crippen MR) is 104 cm³/mol. The highest BCUT2D eigenvalue weighted by Gasteiger charge is 2.24. The van der Waals surface area contributed by atoms with E-state index in [9.17, 15) is 4.79 Å². The molecule has 1 amide bonds. The van der Waals surface area contributed by atoms with E-state index < -0.39 is 6.10 Å². The molecule has 26 heavy (non-hydrogen) atoms. The molecular weight excluding hydrogens is 344 g/mol. The average molecular weight is 364 g/mol. The normalized spacial score (nSPS) is 17.3. The Kier molecular flexibility index (Phi) is 4.80. The number of thioether (sulfide) groups is 1. The van der Waals surface area contributed by atoms with Crippen molar-refractivity contribution in [3.05, 3.63) is 66.4 Å². The molecule has 1 aliphatic heterocycles. The molecule has 4 nitrogen and oxygen atoms in total. The van der Waals surface area contributed by atoms with Crippen molar-refractivity contribution in [1.29, 1.82) is 0 Å². The van der Waals surface area contributed by atoms with Gasteiger partial charge in [0.2, 0.25) is 0 Å². The summed E-state index contributed by atoms with van der Waals surface area (Å²) in [5, 5.41) is 4.13. The molecule has 2 aromatic carbocycles. The lowest BCUT2D eigenvalue weighted by Gasteiger charge is -2.27. The van der Waals surface area contributed by atoms with Crippen LogP contribution in [0.3, 0.4) is 0 Å². The molecule has 3 aromatic rings. The van der Waals surface area contributed by atoms with Crippen molar-refractivity contribution < 1.29 is 9.53 Å². The number of fused-ring (bicyclic) bond motifs is 2. The van der Waals surface area contributed by atoms with Crippen LogP contribution in [0.2, 0.25) is 0 Å². The first-order valence-electron chi connectivity index (χ1n) is 8.74. The molecule has 1 aromatic heterocycles. The number of nitrogens with zero attached hydrogens (tertiary/aromatic N) is 1. The minimum absolute atomic E-state index is 0.0423. The zero-order valence-corrected chi connectivity index (χ0v) is 15.3. The molecule has 0 bridgehead atoms. The van der Waals surface area contributed by atoms with Crippen molar-refractivity contribution >= 4 is 28.6 Å². The minimum atomic E-state index is -0.584. The number of carbonyl (C=O) groups is 1. The number of ether oxygens (including phenoxy) is 1. The Hall–Kier alpha value is -2.53. The Morgan fingerprint density at radius 3 is 2.96 bits per heavy atom. The number of aromatic nitrogens is 1. The van der Waals surface area contributed by atoms with E-state index in [1.807, 2.05) is 54.2 Å². The van der Waals surface area contributed by atoms with Crippen LogP contribution < -0.4 is 10.1 Å². The minimum Gasteiger partial charge on any atom is -0.479 e. The van der Waals surface area contributed by atoms with Gasteiger partial charge in [-0.25, -0.2) is 0 Å². The third-order valence-corrected chi connectivity index (χ3v) is 5.65. The van der Waals surface area contributed by atoms with Crippen LogP contribution in [0.5, 0.6) is 5.75 Å². The number of rotatable bonds is 4. The number of para-hydroxylation sites is 1. The van der Waals surface area contributed by atoms with E-state index in [-0.39, 0.29) is 11.9 Å². The number of carbonyl (C=O) groups excluding carboxylic acids is 1. The molecule has 0 saturated heterocycles. The van der Waals surface area contributed by atoms with E-state index in [1.54, 1.807) is 13.1 Å². The summed E-state index contributed by atoms with van der Waals surface area (Å²) in [7, 11) is 0. The topological polar surface area (TPSA) is 51.2 Å². The van der Waals surface area contributed by atoms with Gasteiger partial charge in [0.05, 0.1) is 17.8 Å². The summed E-state index contributed by atoms with van der Waals surface area (Å²) in [6.45, 7) is 1.77. The fraction of sp³-hybridized carbons (Fsp3) is 0.238. The molecule has 4 rings (SSSR count). The Morgan fingerprint density at radius 2 is 2.04 bits per heavy atom. The molecule has 1 unspecified atom stereocenters. The van der Waals surface area contributed by atoms with Crippen LogP contribution in [0.25, 0.3) is 10.9 Å². The Balaban J connectivity index is 1.45. The summed E-state index contributed by atoms with van der Waals surface area (Å²) in [6.07, 6.45) is 2.01. The van der Waals surface area contributed by atoms with Crippen LogP contribution in [-0.2, 0) is 4.79 Å². The standard InChI is InChI=1S/C21H20N2O2S/c1-14(25-16-12-15-6-2-4-8-18(15)22-13-16)21(24)23-19-10-11-26-20-9-5-3-7-17(19)20/h2-9,12-14,19H,10-11H2,1H3,(H,23,24)/t14-,19?/m0/s1. The fourth-order valence-corrected chi connectivity index (χ4v) is 4.28. The molecule has 0 spiro atoms. The van der Waals surface area contributed by atoms with Gasteiger partial charge in [-0.15, -0.1) is 11.8 Å². The van der Waals surface area contributed by atoms with Crippen LogP contribution >= 0.6 is 11.8 Å². The third-order valence-electron chi connectivity index (χ3n) is 4.52. The molecule has 2 atom stereocenters. The van der Waals surface area contributed by atoms with Crippen LogP contribution in [0.15, 0.2) is 65.7 Å². The van der Waals surface area contributed by atoms with Crippen molar-refractivity contribution in [1.82, 2.24) is 10.3 Å². The van der Waals surface area contributed by atoms with Gasteiger partial charge in [0.1, 0.15) is 5.75 Å². The van der Waals surface area contributed by atoms with Gasteiger partial charge in [-0.1, -0.05) is 36.4 Å². The zero-order chi connectivity index (χ0) is 17.9. The molecule has 0 saturated carbocycles. The molecule has 5 heteroatoms. The molecule has 0 fully saturated rings. The van der Waals surface area contributed by atoms with Crippen molar-refractivity contribution in [2.45, 2.75) is 30.4 Å². The van der Waals surface area contributed by atoms with E-state index in [0.717, 1.165) is 23.1 Å². The maximum atomic E-state index is 12.6. The van der Waals surface area contributed by atoms with Gasteiger partial charge >= 0.3 is 0 Å². The third kappa shape index (κ3) is 3.53. The second-order valence-electron chi connectivity index (χ2n) is 6.36. The van der Waals surface area contributed by atoms with Gasteiger partial charge in [-0.3, -0.25) is 9.78 Å². The second kappa shape index (κ2) is 7.38. The van der Waals surface area contributed by atoms with Crippen molar-refractivity contribution in [3.63, 3.8) is 0 Å². The maximum absolute atomic E-state index is 12.6. The first kappa shape index (κ1) is 16.9. The van der Waals surface area contributed by atoms with Crippen LogP contribution in [-0.4, -0.2) is 22.7 Å². The van der Waals surface area contributed by atoms with E-state index in [4.69, 9.17) is 4.74 Å². The Bertz CT molecular complexity index is 944. The molecule has 132 valence electrons. The highest BCUT2D eigenvalue weighted by Crippen LogP contribution is 2.35. The molecule has 0 aliphatic carbocycles. The smallest absolute Gasteiger partial charge is 0.261 e. The van der Waals surface area contributed by atoms with E-state index >= 15 is 0 Å². The average Bonchev–Trinajstić information content (AvgIpc) is 2.68. The number of hydrogen-bond donors (Lipinski definition) is 1. The van der Waals surface area contributed by atoms with E-state index in [2.05, 4.69) is 22.4 Å². The van der Waals surface area contributed by atoms with Gasteiger partial charge in [-0.2, -0.15) is 0 Å². The largest absolute Gasteiger partial charge is 0.479 e. The van der Waals surface area contributed by atoms with Gasteiger partial charge in [0, 0.05) is 16.0 Å². The lowest BCUT2D eigenvalue weighted by atomic mass is 10.0. The highest BCUT2D eigenvalue weighted by molar-refractivity contribution is 7.99. The predicted octanol–water partition coefficient (Wildman–Crippen LogP) is 4.36. The molecule has 2 heterocycles. The molecule has 1 N–H and O–H groups in total. The number of benzene rings is 2. The first-order valence-corrected chi connectivity index (χ1v) is 9.73. The molecule has 0 radical (unpaired) electrons. The zero-order valence-electron chi connectivity index (χ0n) is 14.5. The van der Waals surface area contributed by atoms with Crippen molar-refractivity contribution in [2.24, 2.45) is 0 Å². The van der Waals surface area contributed by atoms with E-state index in [0.29, 0.717) is 5.75 Å². The van der Waals surface area contributed by atoms with Gasteiger partial charge in [0.25, 0.3) is 5.91 Å². The van der Waals surface area contributed by atoms with Crippen molar-refractivity contribution in [2.75, 3.05) is 5.75 Å². The lowest BCUT2D eigenvalue weighted by Crippen LogP contribution is -2.39. The summed E-state index contributed by atoms with van der Waals surface area (Å²) >= 11 is 1.84. The highest BCUT2D eigenvalue weighted by atomic mass is 32.2. The Labute approximate surface area is 157 Å². The first-order chi connectivity index (χ1) is 12.7. The van der Waals surface area contributed by atoms with Gasteiger partial charge < -0.3 is 10.1 Å². The number of hydrogen-bond acceptors (Lipinski definition) is 4. The summed E-state index contributed by atoms with van der Waals surface area (Å²) < 4.78 is 5.83. The SMILES string of the molecule is C[C@H](Oc1cnc2ccccc2c1)C(=O)NC1CCSc2ccccc21. The molecular formula is C21H20N2O2S.